The molecule has 2 amide bonds. The molecule has 3 heterocycles. The lowest BCUT2D eigenvalue weighted by Gasteiger charge is -2.56. The van der Waals surface area contributed by atoms with Crippen molar-refractivity contribution in [3.8, 4) is 11.5 Å². The molecule has 0 aliphatic carbocycles. The highest BCUT2D eigenvalue weighted by atomic mass is 16.3. The van der Waals surface area contributed by atoms with Crippen molar-refractivity contribution in [2.45, 2.75) is 44.7 Å². The number of carbonyl (C=O) groups is 2. The fourth-order valence-electron chi connectivity index (χ4n) is 5.51. The zero-order valence-electron chi connectivity index (χ0n) is 16.3. The summed E-state index contributed by atoms with van der Waals surface area (Å²) in [5.41, 5.74) is -0.0126. The van der Waals surface area contributed by atoms with Crippen molar-refractivity contribution in [1.82, 2.24) is 15.1 Å². The molecule has 7 heteroatoms. The number of benzene rings is 1. The average molecular weight is 387 g/mol. The van der Waals surface area contributed by atoms with Gasteiger partial charge in [0.25, 0.3) is 5.91 Å². The fourth-order valence-corrected chi connectivity index (χ4v) is 5.51. The van der Waals surface area contributed by atoms with E-state index in [0.29, 0.717) is 31.6 Å². The molecule has 3 fully saturated rings. The number of carbonyl (C=O) groups excluding carboxylic acids is 2. The van der Waals surface area contributed by atoms with Gasteiger partial charge < -0.3 is 20.4 Å². The van der Waals surface area contributed by atoms with E-state index >= 15 is 0 Å². The first kappa shape index (κ1) is 19.1. The second kappa shape index (κ2) is 7.62. The first-order valence-electron chi connectivity index (χ1n) is 10.3. The van der Waals surface area contributed by atoms with Crippen molar-refractivity contribution >= 4 is 11.8 Å². The summed E-state index contributed by atoms with van der Waals surface area (Å²) in [5.74, 6) is -0.0440. The maximum Gasteiger partial charge on any atom is 0.261 e. The quantitative estimate of drug-likeness (QED) is 0.732. The van der Waals surface area contributed by atoms with E-state index in [4.69, 9.17) is 0 Å². The van der Waals surface area contributed by atoms with Crippen LogP contribution in [0.5, 0.6) is 11.5 Å². The molecular formula is C21H29N3O4. The minimum Gasteiger partial charge on any atom is -0.507 e. The van der Waals surface area contributed by atoms with Crippen LogP contribution in [-0.4, -0.2) is 70.1 Å². The molecule has 4 atom stereocenters. The van der Waals surface area contributed by atoms with Crippen LogP contribution in [0, 0.1) is 11.8 Å². The summed E-state index contributed by atoms with van der Waals surface area (Å²) in [6, 6.07) is 5.03. The molecule has 4 rings (SSSR count). The number of phenols is 2. The summed E-state index contributed by atoms with van der Waals surface area (Å²) < 4.78 is 0. The Labute approximate surface area is 165 Å². The highest BCUT2D eigenvalue weighted by Crippen LogP contribution is 2.42. The first-order valence-corrected chi connectivity index (χ1v) is 10.3. The SMILES string of the molecule is CC(=O)NC[C@H]1[C@H]2C[C@H](CN(C(=O)c3c(O)cccc3O)C2)[C@@H]2CCCCN21. The fraction of sp³-hybridized carbons (Fsp3) is 0.619. The molecule has 0 spiro atoms. The van der Waals surface area contributed by atoms with Gasteiger partial charge in [-0.3, -0.25) is 14.5 Å². The standard InChI is InChI=1S/C21H29N3O4/c1-13(25)22-10-17-15-9-14(16-5-2-3-8-24(16)17)11-23(12-15)21(28)20-18(26)6-4-7-19(20)27/h4,6-7,14-17,26-27H,2-3,5,8-12H2,1H3,(H,22,25)/t14-,15+,16+,17+/m1/s1. The van der Waals surface area contributed by atoms with Gasteiger partial charge in [-0.1, -0.05) is 12.5 Å². The maximum absolute atomic E-state index is 13.1. The summed E-state index contributed by atoms with van der Waals surface area (Å²) in [5, 5.41) is 23.2. The average Bonchev–Trinajstić information content (AvgIpc) is 2.67. The van der Waals surface area contributed by atoms with Gasteiger partial charge in [0, 0.05) is 38.6 Å². The van der Waals surface area contributed by atoms with E-state index in [-0.39, 0.29) is 40.8 Å². The normalized spacial score (nSPS) is 29.8. The number of nitrogens with one attached hydrogen (secondary N) is 1. The van der Waals surface area contributed by atoms with Crippen molar-refractivity contribution in [1.29, 1.82) is 0 Å². The number of aromatic hydroxyl groups is 2. The number of likely N-dealkylation sites (tertiary alicyclic amines) is 1. The Morgan fingerprint density at radius 1 is 1.14 bits per heavy atom. The van der Waals surface area contributed by atoms with Crippen LogP contribution in [0.4, 0.5) is 0 Å². The molecule has 7 nitrogen and oxygen atoms in total. The van der Waals surface area contributed by atoms with Gasteiger partial charge in [0.2, 0.25) is 5.91 Å². The third-order valence-electron chi connectivity index (χ3n) is 6.70. The third-order valence-corrected chi connectivity index (χ3v) is 6.70. The largest absolute Gasteiger partial charge is 0.507 e. The summed E-state index contributed by atoms with van der Waals surface area (Å²) >= 11 is 0. The van der Waals surface area contributed by atoms with Crippen molar-refractivity contribution in [3.05, 3.63) is 23.8 Å². The van der Waals surface area contributed by atoms with Crippen LogP contribution in [0.2, 0.25) is 0 Å². The molecule has 3 N–H and O–H groups in total. The number of hydrogen-bond donors (Lipinski definition) is 3. The summed E-state index contributed by atoms with van der Waals surface area (Å²) in [4.78, 5) is 29.0. The third kappa shape index (κ3) is 3.43. The van der Waals surface area contributed by atoms with Crippen LogP contribution >= 0.6 is 0 Å². The lowest BCUT2D eigenvalue weighted by atomic mass is 9.72. The first-order chi connectivity index (χ1) is 13.5. The second-order valence-corrected chi connectivity index (χ2v) is 8.44. The van der Waals surface area contributed by atoms with Crippen LogP contribution in [0.1, 0.15) is 43.0 Å². The Morgan fingerprint density at radius 2 is 1.86 bits per heavy atom. The molecule has 3 saturated heterocycles. The minimum absolute atomic E-state index is 0.0126. The van der Waals surface area contributed by atoms with Gasteiger partial charge in [-0.05, 0) is 49.8 Å². The van der Waals surface area contributed by atoms with E-state index in [1.807, 2.05) is 0 Å². The zero-order chi connectivity index (χ0) is 19.8. The molecule has 1 aromatic carbocycles. The smallest absolute Gasteiger partial charge is 0.261 e. The number of rotatable bonds is 3. The van der Waals surface area contributed by atoms with E-state index in [9.17, 15) is 19.8 Å². The van der Waals surface area contributed by atoms with Gasteiger partial charge in [-0.15, -0.1) is 0 Å². The van der Waals surface area contributed by atoms with Crippen LogP contribution in [0.25, 0.3) is 0 Å². The predicted molar refractivity (Wildman–Crippen MR) is 104 cm³/mol. The molecule has 28 heavy (non-hydrogen) atoms. The molecule has 0 unspecified atom stereocenters. The van der Waals surface area contributed by atoms with Crippen molar-refractivity contribution < 1.29 is 19.8 Å². The number of piperidine rings is 3. The van der Waals surface area contributed by atoms with Gasteiger partial charge in [-0.25, -0.2) is 0 Å². The van der Waals surface area contributed by atoms with Gasteiger partial charge >= 0.3 is 0 Å². The molecule has 0 saturated carbocycles. The Balaban J connectivity index is 1.59. The predicted octanol–water partition coefficient (Wildman–Crippen LogP) is 1.55. The van der Waals surface area contributed by atoms with Crippen LogP contribution in [-0.2, 0) is 4.79 Å². The molecule has 0 radical (unpaired) electrons. The van der Waals surface area contributed by atoms with E-state index in [0.717, 1.165) is 19.4 Å². The van der Waals surface area contributed by atoms with Crippen LogP contribution < -0.4 is 5.32 Å². The highest BCUT2D eigenvalue weighted by Gasteiger charge is 2.48. The lowest BCUT2D eigenvalue weighted by Crippen LogP contribution is -2.66. The van der Waals surface area contributed by atoms with E-state index < -0.39 is 0 Å². The molecular weight excluding hydrogens is 358 g/mol. The molecule has 3 aliphatic heterocycles. The maximum atomic E-state index is 13.1. The Hall–Kier alpha value is -2.28. The Bertz CT molecular complexity index is 748. The molecule has 0 aromatic heterocycles. The number of nitrogens with zero attached hydrogens (tertiary/aromatic N) is 2. The number of amides is 2. The van der Waals surface area contributed by atoms with E-state index in [1.165, 1.54) is 38.0 Å². The molecule has 152 valence electrons. The minimum atomic E-state index is -0.312. The number of fused-ring (bicyclic) bond motifs is 4. The molecule has 3 aliphatic rings. The number of phenolic OH excluding ortho intramolecular Hbond substituents is 2. The van der Waals surface area contributed by atoms with Crippen molar-refractivity contribution in [3.63, 3.8) is 0 Å². The summed E-state index contributed by atoms with van der Waals surface area (Å²) in [6.45, 7) is 4.42. The van der Waals surface area contributed by atoms with Gasteiger partial charge in [0.1, 0.15) is 17.1 Å². The van der Waals surface area contributed by atoms with Crippen LogP contribution in [0.3, 0.4) is 0 Å². The topological polar surface area (TPSA) is 93.1 Å². The molecule has 2 bridgehead atoms. The highest BCUT2D eigenvalue weighted by molar-refractivity contribution is 5.99. The van der Waals surface area contributed by atoms with E-state index in [1.54, 1.807) is 4.90 Å². The van der Waals surface area contributed by atoms with Crippen molar-refractivity contribution in [2.75, 3.05) is 26.2 Å². The van der Waals surface area contributed by atoms with Gasteiger partial charge in [-0.2, -0.15) is 0 Å². The summed E-state index contributed by atoms with van der Waals surface area (Å²) in [6.07, 6.45) is 4.56. The molecule has 1 aromatic rings. The van der Waals surface area contributed by atoms with E-state index in [2.05, 4.69) is 10.2 Å². The monoisotopic (exact) mass is 387 g/mol. The van der Waals surface area contributed by atoms with Crippen molar-refractivity contribution in [2.24, 2.45) is 11.8 Å². The number of hydrogen-bond acceptors (Lipinski definition) is 5. The zero-order valence-corrected chi connectivity index (χ0v) is 16.3. The summed E-state index contributed by atoms with van der Waals surface area (Å²) in [7, 11) is 0. The Morgan fingerprint density at radius 3 is 2.57 bits per heavy atom. The lowest BCUT2D eigenvalue weighted by molar-refractivity contribution is -0.120. The van der Waals surface area contributed by atoms with Gasteiger partial charge in [0.05, 0.1) is 0 Å². The van der Waals surface area contributed by atoms with Gasteiger partial charge in [0.15, 0.2) is 0 Å². The van der Waals surface area contributed by atoms with Crippen LogP contribution in [0.15, 0.2) is 18.2 Å². The Kier molecular flexibility index (Phi) is 5.19. The second-order valence-electron chi connectivity index (χ2n) is 8.44.